The van der Waals surface area contributed by atoms with E-state index in [-0.39, 0.29) is 42.0 Å². The third-order valence-corrected chi connectivity index (χ3v) is 5.07. The van der Waals surface area contributed by atoms with E-state index in [4.69, 9.17) is 9.47 Å². The zero-order chi connectivity index (χ0) is 22.3. The van der Waals surface area contributed by atoms with Crippen molar-refractivity contribution in [1.82, 2.24) is 15.6 Å². The predicted octanol–water partition coefficient (Wildman–Crippen LogP) is 3.75. The largest absolute Gasteiger partial charge is 0.490 e. The molecule has 0 unspecified atom stereocenters. The molecule has 10 heteroatoms. The third kappa shape index (κ3) is 8.81. The summed E-state index contributed by atoms with van der Waals surface area (Å²) in [5.41, 5.74) is 1.54. The van der Waals surface area contributed by atoms with Crippen LogP contribution in [-0.4, -0.2) is 48.7 Å². The number of halogens is 1. The van der Waals surface area contributed by atoms with E-state index in [0.29, 0.717) is 31.5 Å². The number of rotatable bonds is 6. The van der Waals surface area contributed by atoms with Crippen LogP contribution in [-0.2, 0) is 11.2 Å². The first kappa shape index (κ1) is 26.2. The Morgan fingerprint density at radius 2 is 1.97 bits per heavy atom. The molecule has 0 aliphatic carbocycles. The van der Waals surface area contributed by atoms with Gasteiger partial charge in [0.05, 0.1) is 23.9 Å². The molecule has 32 heavy (non-hydrogen) atoms. The molecule has 3 N–H and O–H groups in total. The number of aryl methyl sites for hydroxylation is 1. The molecule has 0 saturated heterocycles. The maximum Gasteiger partial charge on any atom is 0.242 e. The van der Waals surface area contributed by atoms with E-state index in [9.17, 15) is 4.79 Å². The van der Waals surface area contributed by atoms with Crippen LogP contribution in [0.4, 0.5) is 5.69 Å². The third-order valence-electron chi connectivity index (χ3n) is 4.25. The lowest BCUT2D eigenvalue weighted by molar-refractivity contribution is -0.121. The number of carbonyl (C=O) groups excluding carboxylic acids is 1. The van der Waals surface area contributed by atoms with Crippen molar-refractivity contribution in [3.63, 3.8) is 0 Å². The van der Waals surface area contributed by atoms with E-state index in [1.165, 1.54) is 0 Å². The molecule has 176 valence electrons. The molecule has 2 aromatic rings. The topological polar surface area (TPSA) is 96.9 Å². The molecule has 0 radical (unpaired) electrons. The first-order chi connectivity index (χ1) is 14.8. The van der Waals surface area contributed by atoms with Crippen molar-refractivity contribution in [3.05, 3.63) is 34.3 Å². The number of fused-ring (bicyclic) bond motifs is 1. The number of nitrogens with zero attached hydrogens (tertiary/aromatic N) is 2. The fourth-order valence-corrected chi connectivity index (χ4v) is 3.61. The van der Waals surface area contributed by atoms with E-state index < -0.39 is 0 Å². The summed E-state index contributed by atoms with van der Waals surface area (Å²) in [6, 6.07) is 5.67. The molecule has 1 amide bonds. The first-order valence-electron chi connectivity index (χ1n) is 10.5. The minimum atomic E-state index is -0.301. The Balaban J connectivity index is 0.00000363. The van der Waals surface area contributed by atoms with Gasteiger partial charge in [0.15, 0.2) is 17.5 Å². The minimum Gasteiger partial charge on any atom is -0.490 e. The van der Waals surface area contributed by atoms with Crippen LogP contribution in [0.15, 0.2) is 28.6 Å². The monoisotopic (exact) mass is 573 g/mol. The van der Waals surface area contributed by atoms with Crippen LogP contribution in [0.3, 0.4) is 0 Å². The van der Waals surface area contributed by atoms with Gasteiger partial charge in [0.1, 0.15) is 6.54 Å². The van der Waals surface area contributed by atoms with Gasteiger partial charge in [-0.25, -0.2) is 9.98 Å². The molecule has 1 aliphatic heterocycles. The standard InChI is InChI=1S/C22H31N5O3S.HI/c1-15-25-17(14-31-15)8-9-23-21(24-13-20(28)27-22(2,3)4)26-16-6-7-18-19(12-16)30-11-5-10-29-18;/h6-7,12,14H,5,8-11,13H2,1-4H3,(H,27,28)(H2,23,24,26);1H. The van der Waals surface area contributed by atoms with Gasteiger partial charge in [-0.1, -0.05) is 0 Å². The summed E-state index contributed by atoms with van der Waals surface area (Å²) >= 11 is 1.64. The second-order valence-corrected chi connectivity index (χ2v) is 9.40. The fraction of sp³-hybridized carbons (Fsp3) is 0.500. The molecule has 1 aromatic carbocycles. The summed E-state index contributed by atoms with van der Waals surface area (Å²) in [4.78, 5) is 21.2. The summed E-state index contributed by atoms with van der Waals surface area (Å²) in [7, 11) is 0. The second kappa shape index (κ2) is 12.2. The Bertz CT molecular complexity index is 927. The number of anilines is 1. The minimum absolute atomic E-state index is 0. The summed E-state index contributed by atoms with van der Waals surface area (Å²) in [5, 5.41) is 12.6. The Hall–Kier alpha value is -2.08. The van der Waals surface area contributed by atoms with Crippen LogP contribution in [0.1, 0.15) is 37.9 Å². The lowest BCUT2D eigenvalue weighted by Crippen LogP contribution is -2.42. The smallest absolute Gasteiger partial charge is 0.242 e. The molecule has 0 fully saturated rings. The van der Waals surface area contributed by atoms with E-state index in [1.54, 1.807) is 11.3 Å². The molecule has 8 nitrogen and oxygen atoms in total. The average molecular weight is 574 g/mol. The molecular formula is C22H32IN5O3S. The number of guanidine groups is 1. The SMILES string of the molecule is Cc1nc(CCNC(=NCC(=O)NC(C)(C)C)Nc2ccc3c(c2)OCCCO3)cs1.I. The van der Waals surface area contributed by atoms with Crippen molar-refractivity contribution < 1.29 is 14.3 Å². The first-order valence-corrected chi connectivity index (χ1v) is 11.3. The van der Waals surface area contributed by atoms with Crippen molar-refractivity contribution in [2.45, 2.75) is 46.1 Å². The number of ether oxygens (including phenoxy) is 2. The number of aromatic nitrogens is 1. The summed E-state index contributed by atoms with van der Waals surface area (Å²) in [5.74, 6) is 1.82. The van der Waals surface area contributed by atoms with Crippen molar-refractivity contribution in [2.75, 3.05) is 31.6 Å². The van der Waals surface area contributed by atoms with Crippen LogP contribution >= 0.6 is 35.3 Å². The average Bonchev–Trinajstić information content (AvgIpc) is 2.96. The van der Waals surface area contributed by atoms with Crippen molar-refractivity contribution >= 4 is 52.9 Å². The molecule has 0 bridgehead atoms. The van der Waals surface area contributed by atoms with Gasteiger partial charge in [-0.2, -0.15) is 0 Å². The molecule has 0 saturated carbocycles. The highest BCUT2D eigenvalue weighted by atomic mass is 127. The number of nitrogens with one attached hydrogen (secondary N) is 3. The summed E-state index contributed by atoms with van der Waals surface area (Å²) < 4.78 is 11.5. The molecule has 0 spiro atoms. The fourth-order valence-electron chi connectivity index (χ4n) is 2.96. The Kier molecular flexibility index (Phi) is 10.0. The molecular weight excluding hydrogens is 541 g/mol. The van der Waals surface area contributed by atoms with Gasteiger partial charge < -0.3 is 25.4 Å². The lowest BCUT2D eigenvalue weighted by atomic mass is 10.1. The number of hydrogen-bond acceptors (Lipinski definition) is 6. The van der Waals surface area contributed by atoms with Gasteiger partial charge in [-0.15, -0.1) is 35.3 Å². The zero-order valence-electron chi connectivity index (χ0n) is 19.0. The number of carbonyl (C=O) groups is 1. The number of thiazole rings is 1. The van der Waals surface area contributed by atoms with Crippen LogP contribution in [0.25, 0.3) is 0 Å². The van der Waals surface area contributed by atoms with Crippen molar-refractivity contribution in [3.8, 4) is 11.5 Å². The van der Waals surface area contributed by atoms with E-state index >= 15 is 0 Å². The van der Waals surface area contributed by atoms with Gasteiger partial charge in [0, 0.05) is 42.1 Å². The Morgan fingerprint density at radius 1 is 1.22 bits per heavy atom. The van der Waals surface area contributed by atoms with Crippen molar-refractivity contribution in [1.29, 1.82) is 0 Å². The molecule has 3 rings (SSSR count). The maximum atomic E-state index is 12.2. The van der Waals surface area contributed by atoms with Gasteiger partial charge in [0.25, 0.3) is 0 Å². The predicted molar refractivity (Wildman–Crippen MR) is 140 cm³/mol. The highest BCUT2D eigenvalue weighted by Crippen LogP contribution is 2.32. The lowest BCUT2D eigenvalue weighted by Gasteiger charge is -2.20. The Morgan fingerprint density at radius 3 is 2.66 bits per heavy atom. The van der Waals surface area contributed by atoms with Crippen molar-refractivity contribution in [2.24, 2.45) is 4.99 Å². The highest BCUT2D eigenvalue weighted by Gasteiger charge is 2.14. The maximum absolute atomic E-state index is 12.2. The number of aliphatic imine (C=N–C) groups is 1. The zero-order valence-corrected chi connectivity index (χ0v) is 22.1. The molecule has 1 aromatic heterocycles. The molecule has 1 aliphatic rings. The second-order valence-electron chi connectivity index (χ2n) is 8.33. The number of hydrogen-bond donors (Lipinski definition) is 3. The number of benzene rings is 1. The Labute approximate surface area is 210 Å². The van der Waals surface area contributed by atoms with Gasteiger partial charge in [-0.3, -0.25) is 4.79 Å². The number of amides is 1. The summed E-state index contributed by atoms with van der Waals surface area (Å²) in [6.45, 7) is 9.75. The van der Waals surface area contributed by atoms with Gasteiger partial charge >= 0.3 is 0 Å². The molecule has 0 atom stereocenters. The van der Waals surface area contributed by atoms with Gasteiger partial charge in [-0.05, 0) is 39.8 Å². The molecule has 2 heterocycles. The summed E-state index contributed by atoms with van der Waals surface area (Å²) in [6.07, 6.45) is 1.62. The van der Waals surface area contributed by atoms with Crippen LogP contribution in [0.5, 0.6) is 11.5 Å². The van der Waals surface area contributed by atoms with E-state index in [1.807, 2.05) is 45.9 Å². The van der Waals surface area contributed by atoms with E-state index in [2.05, 4.69) is 31.3 Å². The quantitative estimate of drug-likeness (QED) is 0.277. The van der Waals surface area contributed by atoms with Gasteiger partial charge in [0.2, 0.25) is 5.91 Å². The highest BCUT2D eigenvalue weighted by molar-refractivity contribution is 14.0. The van der Waals surface area contributed by atoms with E-state index in [0.717, 1.165) is 35.0 Å². The van der Waals surface area contributed by atoms with Crippen LogP contribution < -0.4 is 25.4 Å². The normalized spacial score (nSPS) is 13.6. The van der Waals surface area contributed by atoms with Crippen LogP contribution in [0.2, 0.25) is 0 Å². The van der Waals surface area contributed by atoms with Crippen LogP contribution in [0, 0.1) is 6.92 Å².